The molecule has 7 heteroatoms. The van der Waals surface area contributed by atoms with Crippen molar-refractivity contribution in [2.24, 2.45) is 5.92 Å². The standard InChI is InChI=1S/C19H21N3O3S/c1-3-26-17-9-4-14(11-20-17)21-19(24)13-10-18(23)22(12-13)15-5-7-16(25-2)8-6-15/h4-9,11,13H,3,10,12H2,1-2H3,(H,21,24). The molecule has 0 saturated carbocycles. The van der Waals surface area contributed by atoms with Gasteiger partial charge >= 0.3 is 0 Å². The van der Waals surface area contributed by atoms with E-state index in [-0.39, 0.29) is 24.2 Å². The molecule has 0 spiro atoms. The first-order valence-electron chi connectivity index (χ1n) is 8.45. The van der Waals surface area contributed by atoms with E-state index in [9.17, 15) is 9.59 Å². The molecule has 26 heavy (non-hydrogen) atoms. The third-order valence-corrected chi connectivity index (χ3v) is 5.00. The van der Waals surface area contributed by atoms with Crippen LogP contribution in [0.3, 0.4) is 0 Å². The summed E-state index contributed by atoms with van der Waals surface area (Å²) in [6.07, 6.45) is 1.85. The third-order valence-electron chi connectivity index (χ3n) is 4.18. The lowest BCUT2D eigenvalue weighted by atomic mass is 10.1. The zero-order valence-corrected chi connectivity index (χ0v) is 15.6. The highest BCUT2D eigenvalue weighted by molar-refractivity contribution is 7.99. The van der Waals surface area contributed by atoms with E-state index in [1.807, 2.05) is 24.3 Å². The van der Waals surface area contributed by atoms with Crippen LogP contribution in [0.25, 0.3) is 0 Å². The van der Waals surface area contributed by atoms with Crippen molar-refractivity contribution in [2.75, 3.05) is 29.6 Å². The number of ether oxygens (including phenoxy) is 1. The largest absolute Gasteiger partial charge is 0.497 e. The number of benzene rings is 1. The average Bonchev–Trinajstić information content (AvgIpc) is 3.05. The fourth-order valence-electron chi connectivity index (χ4n) is 2.83. The van der Waals surface area contributed by atoms with E-state index in [4.69, 9.17) is 4.74 Å². The summed E-state index contributed by atoms with van der Waals surface area (Å²) in [6, 6.07) is 11.0. The van der Waals surface area contributed by atoms with Crippen molar-refractivity contribution < 1.29 is 14.3 Å². The van der Waals surface area contributed by atoms with Crippen LogP contribution < -0.4 is 15.0 Å². The summed E-state index contributed by atoms with van der Waals surface area (Å²) in [5.41, 5.74) is 1.42. The number of aromatic nitrogens is 1. The molecule has 1 aromatic carbocycles. The van der Waals surface area contributed by atoms with Crippen LogP contribution in [0.4, 0.5) is 11.4 Å². The quantitative estimate of drug-likeness (QED) is 0.790. The van der Waals surface area contributed by atoms with E-state index < -0.39 is 0 Å². The Hall–Kier alpha value is -2.54. The first kappa shape index (κ1) is 18.3. The maximum absolute atomic E-state index is 12.5. The number of pyridine rings is 1. The number of carbonyl (C=O) groups is 2. The molecule has 1 saturated heterocycles. The molecular weight excluding hydrogens is 350 g/mol. The van der Waals surface area contributed by atoms with Crippen molar-refractivity contribution in [3.8, 4) is 5.75 Å². The van der Waals surface area contributed by atoms with Gasteiger partial charge in [-0.1, -0.05) is 6.92 Å². The summed E-state index contributed by atoms with van der Waals surface area (Å²) in [7, 11) is 1.60. The lowest BCUT2D eigenvalue weighted by Crippen LogP contribution is -2.28. The normalized spacial score (nSPS) is 16.6. The first-order chi connectivity index (χ1) is 12.6. The summed E-state index contributed by atoms with van der Waals surface area (Å²) in [5, 5.41) is 3.78. The van der Waals surface area contributed by atoms with Crippen molar-refractivity contribution in [1.29, 1.82) is 0 Å². The zero-order valence-electron chi connectivity index (χ0n) is 14.8. The Morgan fingerprint density at radius 2 is 2.08 bits per heavy atom. The van der Waals surface area contributed by atoms with Crippen LogP contribution in [-0.2, 0) is 9.59 Å². The molecule has 0 radical (unpaired) electrons. The smallest absolute Gasteiger partial charge is 0.229 e. The Kier molecular flexibility index (Phi) is 5.78. The van der Waals surface area contributed by atoms with Gasteiger partial charge < -0.3 is 15.0 Å². The number of methoxy groups -OCH3 is 1. The third kappa shape index (κ3) is 4.16. The van der Waals surface area contributed by atoms with E-state index in [0.29, 0.717) is 12.2 Å². The molecule has 1 N–H and O–H groups in total. The van der Waals surface area contributed by atoms with E-state index in [0.717, 1.165) is 22.2 Å². The molecule has 0 bridgehead atoms. The van der Waals surface area contributed by atoms with Gasteiger partial charge in [-0.05, 0) is 42.2 Å². The molecule has 3 rings (SSSR count). The number of nitrogens with one attached hydrogen (secondary N) is 1. The summed E-state index contributed by atoms with van der Waals surface area (Å²) in [5.74, 6) is 1.08. The second-order valence-corrected chi connectivity index (χ2v) is 7.20. The van der Waals surface area contributed by atoms with Crippen LogP contribution in [0, 0.1) is 5.92 Å². The second kappa shape index (κ2) is 8.23. The maximum Gasteiger partial charge on any atom is 0.229 e. The van der Waals surface area contributed by atoms with Crippen molar-refractivity contribution in [2.45, 2.75) is 18.4 Å². The molecule has 1 aliphatic rings. The molecule has 1 atom stereocenters. The molecule has 2 heterocycles. The molecule has 6 nitrogen and oxygen atoms in total. The lowest BCUT2D eigenvalue weighted by molar-refractivity contribution is -0.122. The van der Waals surface area contributed by atoms with Gasteiger partial charge in [-0.2, -0.15) is 0 Å². The number of hydrogen-bond donors (Lipinski definition) is 1. The van der Waals surface area contributed by atoms with E-state index in [1.54, 1.807) is 42.1 Å². The Balaban J connectivity index is 1.62. The van der Waals surface area contributed by atoms with Crippen LogP contribution in [-0.4, -0.2) is 36.2 Å². The van der Waals surface area contributed by atoms with E-state index >= 15 is 0 Å². The Bertz CT molecular complexity index is 778. The molecule has 2 amide bonds. The number of rotatable bonds is 6. The SMILES string of the molecule is CCSc1ccc(NC(=O)C2CC(=O)N(c3ccc(OC)cc3)C2)cn1. The number of thioether (sulfide) groups is 1. The summed E-state index contributed by atoms with van der Waals surface area (Å²) < 4.78 is 5.13. The zero-order chi connectivity index (χ0) is 18.5. The van der Waals surface area contributed by atoms with Crippen molar-refractivity contribution in [3.05, 3.63) is 42.6 Å². The molecule has 1 fully saturated rings. The van der Waals surface area contributed by atoms with Crippen LogP contribution in [0.2, 0.25) is 0 Å². The number of hydrogen-bond acceptors (Lipinski definition) is 5. The highest BCUT2D eigenvalue weighted by Crippen LogP contribution is 2.27. The molecular formula is C19H21N3O3S. The van der Waals surface area contributed by atoms with Crippen molar-refractivity contribution >= 4 is 35.0 Å². The van der Waals surface area contributed by atoms with Crippen molar-refractivity contribution in [3.63, 3.8) is 0 Å². The number of nitrogens with zero attached hydrogens (tertiary/aromatic N) is 2. The number of amides is 2. The number of carbonyl (C=O) groups excluding carboxylic acids is 2. The van der Waals surface area contributed by atoms with Gasteiger partial charge in [0.15, 0.2) is 0 Å². The van der Waals surface area contributed by atoms with Gasteiger partial charge in [-0.15, -0.1) is 11.8 Å². The summed E-state index contributed by atoms with van der Waals surface area (Å²) >= 11 is 1.64. The molecule has 2 aromatic rings. The Morgan fingerprint density at radius 1 is 1.31 bits per heavy atom. The predicted octanol–water partition coefficient (Wildman–Crippen LogP) is 3.19. The molecule has 1 aromatic heterocycles. The van der Waals surface area contributed by atoms with Gasteiger partial charge in [0, 0.05) is 18.7 Å². The highest BCUT2D eigenvalue weighted by atomic mass is 32.2. The van der Waals surface area contributed by atoms with Gasteiger partial charge in [0.2, 0.25) is 11.8 Å². The van der Waals surface area contributed by atoms with Gasteiger partial charge in [0.1, 0.15) is 5.75 Å². The second-order valence-electron chi connectivity index (χ2n) is 5.91. The molecule has 0 aliphatic carbocycles. The number of anilines is 2. The van der Waals surface area contributed by atoms with Gasteiger partial charge in [-0.3, -0.25) is 9.59 Å². The molecule has 1 aliphatic heterocycles. The van der Waals surface area contributed by atoms with Crippen LogP contribution >= 0.6 is 11.8 Å². The molecule has 1 unspecified atom stereocenters. The van der Waals surface area contributed by atoms with Crippen LogP contribution in [0.1, 0.15) is 13.3 Å². The van der Waals surface area contributed by atoms with Gasteiger partial charge in [0.05, 0.1) is 29.9 Å². The maximum atomic E-state index is 12.5. The topological polar surface area (TPSA) is 71.5 Å². The first-order valence-corrected chi connectivity index (χ1v) is 9.43. The predicted molar refractivity (Wildman–Crippen MR) is 103 cm³/mol. The fraction of sp³-hybridized carbons (Fsp3) is 0.316. The van der Waals surface area contributed by atoms with E-state index in [2.05, 4.69) is 17.2 Å². The Morgan fingerprint density at radius 3 is 2.69 bits per heavy atom. The van der Waals surface area contributed by atoms with Crippen LogP contribution in [0.5, 0.6) is 5.75 Å². The summed E-state index contributed by atoms with van der Waals surface area (Å²) in [6.45, 7) is 2.43. The van der Waals surface area contributed by atoms with Gasteiger partial charge in [0.25, 0.3) is 0 Å². The highest BCUT2D eigenvalue weighted by Gasteiger charge is 2.35. The summed E-state index contributed by atoms with van der Waals surface area (Å²) in [4.78, 5) is 30.8. The van der Waals surface area contributed by atoms with Gasteiger partial charge in [-0.25, -0.2) is 4.98 Å². The Labute approximate surface area is 156 Å². The monoisotopic (exact) mass is 371 g/mol. The lowest BCUT2D eigenvalue weighted by Gasteiger charge is -2.17. The minimum absolute atomic E-state index is 0.0527. The molecule has 136 valence electrons. The van der Waals surface area contributed by atoms with E-state index in [1.165, 1.54) is 0 Å². The minimum Gasteiger partial charge on any atom is -0.497 e. The fourth-order valence-corrected chi connectivity index (χ4v) is 3.41. The minimum atomic E-state index is -0.380. The average molecular weight is 371 g/mol. The van der Waals surface area contributed by atoms with Crippen LogP contribution in [0.15, 0.2) is 47.6 Å². The van der Waals surface area contributed by atoms with Crippen molar-refractivity contribution in [1.82, 2.24) is 4.98 Å².